The molecule has 0 bridgehead atoms. The maximum Gasteiger partial charge on any atom is 0.00704 e. The van der Waals surface area contributed by atoms with Gasteiger partial charge in [-0.25, -0.2) is 0 Å². The van der Waals surface area contributed by atoms with Gasteiger partial charge < -0.3 is 5.73 Å². The van der Waals surface area contributed by atoms with Crippen LogP contribution >= 0.6 is 11.3 Å². The number of hydrogen-bond donors (Lipinski definition) is 1. The van der Waals surface area contributed by atoms with E-state index in [0.717, 1.165) is 24.7 Å². The predicted octanol–water partition coefficient (Wildman–Crippen LogP) is 3.44. The Morgan fingerprint density at radius 1 is 1.53 bits per heavy atom. The molecule has 1 nitrogen and oxygen atoms in total. The molecule has 1 aromatic heterocycles. The van der Waals surface area contributed by atoms with Gasteiger partial charge in [0.25, 0.3) is 0 Å². The second kappa shape index (κ2) is 5.13. The second-order valence-corrected chi connectivity index (χ2v) is 5.79. The van der Waals surface area contributed by atoms with Crippen LogP contribution in [0.3, 0.4) is 0 Å². The van der Waals surface area contributed by atoms with Crippen LogP contribution in [0.1, 0.15) is 38.2 Å². The molecule has 3 atom stereocenters. The first kappa shape index (κ1) is 11.2. The van der Waals surface area contributed by atoms with Gasteiger partial charge in [0.15, 0.2) is 0 Å². The molecule has 1 aromatic rings. The summed E-state index contributed by atoms with van der Waals surface area (Å²) < 4.78 is 0. The maximum absolute atomic E-state index is 6.26. The molecule has 2 N–H and O–H groups in total. The molecule has 1 fully saturated rings. The first-order chi connectivity index (χ1) is 7.25. The first-order valence-electron chi connectivity index (χ1n) is 6.02. The predicted molar refractivity (Wildman–Crippen MR) is 67.1 cm³/mol. The summed E-state index contributed by atoms with van der Waals surface area (Å²) in [5.74, 6) is 1.70. The number of hydrogen-bond acceptors (Lipinski definition) is 2. The van der Waals surface area contributed by atoms with Gasteiger partial charge in [-0.2, -0.15) is 11.3 Å². The van der Waals surface area contributed by atoms with Gasteiger partial charge in [-0.05, 0) is 59.9 Å². The van der Waals surface area contributed by atoms with Gasteiger partial charge in [-0.15, -0.1) is 0 Å². The molecule has 2 heteroatoms. The molecule has 3 unspecified atom stereocenters. The average Bonchev–Trinajstić information content (AvgIpc) is 2.84. The zero-order chi connectivity index (χ0) is 10.7. The van der Waals surface area contributed by atoms with Crippen molar-refractivity contribution in [2.45, 2.75) is 45.1 Å². The van der Waals surface area contributed by atoms with E-state index >= 15 is 0 Å². The van der Waals surface area contributed by atoms with E-state index < -0.39 is 0 Å². The third-order valence-electron chi connectivity index (χ3n) is 3.69. The Morgan fingerprint density at radius 2 is 2.40 bits per heavy atom. The molecule has 0 aliphatic heterocycles. The van der Waals surface area contributed by atoms with Gasteiger partial charge in [0.1, 0.15) is 0 Å². The van der Waals surface area contributed by atoms with Crippen LogP contribution in [0.25, 0.3) is 0 Å². The van der Waals surface area contributed by atoms with Crippen molar-refractivity contribution in [2.24, 2.45) is 17.6 Å². The van der Waals surface area contributed by atoms with Gasteiger partial charge in [0.05, 0.1) is 0 Å². The Hall–Kier alpha value is -0.340. The molecule has 0 saturated heterocycles. The Balaban J connectivity index is 1.75. The SMILES string of the molecule is CC1CCC(C(N)CCc2ccsc2)C1. The summed E-state index contributed by atoms with van der Waals surface area (Å²) in [6.07, 6.45) is 6.41. The standard InChI is InChI=1S/C13H21NS/c1-10-2-4-12(8-10)13(14)5-3-11-6-7-15-9-11/h6-7,9-10,12-13H,2-5,8,14H2,1H3. The molecule has 0 amide bonds. The zero-order valence-corrected chi connectivity index (χ0v) is 10.3. The van der Waals surface area contributed by atoms with Crippen molar-refractivity contribution >= 4 is 11.3 Å². The largest absolute Gasteiger partial charge is 0.327 e. The highest BCUT2D eigenvalue weighted by Crippen LogP contribution is 2.33. The highest BCUT2D eigenvalue weighted by Gasteiger charge is 2.26. The molecular formula is C13H21NS. The van der Waals surface area contributed by atoms with Crippen LogP contribution in [0.5, 0.6) is 0 Å². The smallest absolute Gasteiger partial charge is 0.00704 e. The molecule has 1 aliphatic rings. The van der Waals surface area contributed by atoms with Gasteiger partial charge in [0.2, 0.25) is 0 Å². The van der Waals surface area contributed by atoms with Crippen molar-refractivity contribution in [3.8, 4) is 0 Å². The Kier molecular flexibility index (Phi) is 3.81. The van der Waals surface area contributed by atoms with E-state index in [1.165, 1.54) is 24.8 Å². The minimum absolute atomic E-state index is 0.426. The Bertz CT molecular complexity index is 281. The van der Waals surface area contributed by atoms with Crippen molar-refractivity contribution in [1.82, 2.24) is 0 Å². The number of thiophene rings is 1. The molecule has 84 valence electrons. The van der Waals surface area contributed by atoms with Crippen LogP contribution in [-0.2, 0) is 6.42 Å². The lowest BCUT2D eigenvalue weighted by Gasteiger charge is -2.18. The molecule has 1 saturated carbocycles. The van der Waals surface area contributed by atoms with E-state index in [9.17, 15) is 0 Å². The molecular weight excluding hydrogens is 202 g/mol. The van der Waals surface area contributed by atoms with Crippen molar-refractivity contribution in [3.63, 3.8) is 0 Å². The highest BCUT2D eigenvalue weighted by molar-refractivity contribution is 7.07. The Labute approximate surface area is 96.7 Å². The highest BCUT2D eigenvalue weighted by atomic mass is 32.1. The summed E-state index contributed by atoms with van der Waals surface area (Å²) in [6, 6.07) is 2.64. The van der Waals surface area contributed by atoms with Crippen molar-refractivity contribution in [2.75, 3.05) is 0 Å². The summed E-state index contributed by atoms with van der Waals surface area (Å²) in [5.41, 5.74) is 7.72. The second-order valence-electron chi connectivity index (χ2n) is 5.01. The molecule has 2 rings (SSSR count). The quantitative estimate of drug-likeness (QED) is 0.831. The fourth-order valence-electron chi connectivity index (χ4n) is 2.64. The number of rotatable bonds is 4. The zero-order valence-electron chi connectivity index (χ0n) is 9.49. The lowest BCUT2D eigenvalue weighted by atomic mass is 9.93. The van der Waals surface area contributed by atoms with Crippen LogP contribution in [0, 0.1) is 11.8 Å². The Morgan fingerprint density at radius 3 is 3.00 bits per heavy atom. The van der Waals surface area contributed by atoms with E-state index in [1.807, 2.05) is 0 Å². The van der Waals surface area contributed by atoms with E-state index in [2.05, 4.69) is 23.8 Å². The third kappa shape index (κ3) is 3.05. The molecule has 0 aromatic carbocycles. The van der Waals surface area contributed by atoms with Crippen molar-refractivity contribution in [1.29, 1.82) is 0 Å². The van der Waals surface area contributed by atoms with Crippen molar-refractivity contribution < 1.29 is 0 Å². The summed E-state index contributed by atoms with van der Waals surface area (Å²) in [4.78, 5) is 0. The lowest BCUT2D eigenvalue weighted by molar-refractivity contribution is 0.398. The van der Waals surface area contributed by atoms with Crippen LogP contribution in [-0.4, -0.2) is 6.04 Å². The van der Waals surface area contributed by atoms with Gasteiger partial charge in [-0.1, -0.05) is 13.3 Å². The number of nitrogens with two attached hydrogens (primary N) is 1. The van der Waals surface area contributed by atoms with E-state index in [4.69, 9.17) is 5.73 Å². The van der Waals surface area contributed by atoms with Gasteiger partial charge in [0, 0.05) is 6.04 Å². The normalized spacial score (nSPS) is 28.1. The van der Waals surface area contributed by atoms with Crippen LogP contribution < -0.4 is 5.73 Å². The minimum atomic E-state index is 0.426. The molecule has 1 heterocycles. The maximum atomic E-state index is 6.26. The molecule has 0 spiro atoms. The summed E-state index contributed by atoms with van der Waals surface area (Å²) >= 11 is 1.78. The summed E-state index contributed by atoms with van der Waals surface area (Å²) in [5, 5.41) is 4.39. The summed E-state index contributed by atoms with van der Waals surface area (Å²) in [6.45, 7) is 2.35. The van der Waals surface area contributed by atoms with Crippen LogP contribution in [0.15, 0.2) is 16.8 Å². The van der Waals surface area contributed by atoms with Crippen LogP contribution in [0.2, 0.25) is 0 Å². The van der Waals surface area contributed by atoms with Crippen molar-refractivity contribution in [3.05, 3.63) is 22.4 Å². The number of aryl methyl sites for hydroxylation is 1. The monoisotopic (exact) mass is 223 g/mol. The third-order valence-corrected chi connectivity index (χ3v) is 4.42. The lowest BCUT2D eigenvalue weighted by Crippen LogP contribution is -2.29. The average molecular weight is 223 g/mol. The van der Waals surface area contributed by atoms with Gasteiger partial charge >= 0.3 is 0 Å². The molecule has 1 aliphatic carbocycles. The minimum Gasteiger partial charge on any atom is -0.327 e. The van der Waals surface area contributed by atoms with E-state index in [-0.39, 0.29) is 0 Å². The fourth-order valence-corrected chi connectivity index (χ4v) is 3.35. The molecule has 0 radical (unpaired) electrons. The summed E-state index contributed by atoms with van der Waals surface area (Å²) in [7, 11) is 0. The molecule has 15 heavy (non-hydrogen) atoms. The fraction of sp³-hybridized carbons (Fsp3) is 0.692. The van der Waals surface area contributed by atoms with E-state index in [1.54, 1.807) is 11.3 Å². The first-order valence-corrected chi connectivity index (χ1v) is 6.96. The van der Waals surface area contributed by atoms with Crippen LogP contribution in [0.4, 0.5) is 0 Å². The van der Waals surface area contributed by atoms with Gasteiger partial charge in [-0.3, -0.25) is 0 Å². The van der Waals surface area contributed by atoms with E-state index in [0.29, 0.717) is 6.04 Å². The topological polar surface area (TPSA) is 26.0 Å².